The Bertz CT molecular complexity index is 938. The summed E-state index contributed by atoms with van der Waals surface area (Å²) in [5, 5.41) is 15.2. The molecular weight excluding hydrogens is 286 g/mol. The zero-order valence-corrected chi connectivity index (χ0v) is 12.6. The Balaban J connectivity index is 1.83. The number of para-hydroxylation sites is 1. The maximum atomic E-state index is 9.27. The van der Waals surface area contributed by atoms with E-state index >= 15 is 0 Å². The third kappa shape index (κ3) is 2.53. The van der Waals surface area contributed by atoms with E-state index in [4.69, 9.17) is 5.10 Å². The van der Waals surface area contributed by atoms with Crippen LogP contribution in [0.2, 0.25) is 0 Å². The third-order valence-electron chi connectivity index (χ3n) is 3.99. The van der Waals surface area contributed by atoms with Crippen molar-refractivity contribution >= 4 is 10.9 Å². The van der Waals surface area contributed by atoms with Gasteiger partial charge in [0.25, 0.3) is 0 Å². The fourth-order valence-electron chi connectivity index (χ4n) is 2.84. The van der Waals surface area contributed by atoms with Gasteiger partial charge in [0.15, 0.2) is 5.82 Å². The maximum absolute atomic E-state index is 9.27. The third-order valence-corrected chi connectivity index (χ3v) is 3.99. The largest absolute Gasteiger partial charge is 0.392 e. The maximum Gasteiger partial charge on any atom is 0.166 e. The van der Waals surface area contributed by atoms with Crippen LogP contribution in [-0.4, -0.2) is 19.5 Å². The smallest absolute Gasteiger partial charge is 0.166 e. The molecule has 2 aromatic heterocycles. The Kier molecular flexibility index (Phi) is 3.44. The van der Waals surface area contributed by atoms with E-state index in [1.807, 2.05) is 58.0 Å². The topological polar surface area (TPSA) is 43.0 Å². The minimum Gasteiger partial charge on any atom is -0.392 e. The molecule has 4 nitrogen and oxygen atoms in total. The van der Waals surface area contributed by atoms with E-state index in [1.165, 1.54) is 5.56 Å². The number of aliphatic hydroxyl groups excluding tert-OH is 1. The van der Waals surface area contributed by atoms with Crippen molar-refractivity contribution in [3.05, 3.63) is 84.2 Å². The lowest BCUT2D eigenvalue weighted by Crippen LogP contribution is -2.02. The molecule has 4 rings (SSSR count). The second-order valence-corrected chi connectivity index (χ2v) is 5.57. The van der Waals surface area contributed by atoms with Crippen molar-refractivity contribution in [2.75, 3.05) is 0 Å². The fraction of sp³-hybridized carbons (Fsp3) is 0.105. The van der Waals surface area contributed by atoms with Crippen molar-refractivity contribution < 1.29 is 5.11 Å². The van der Waals surface area contributed by atoms with Gasteiger partial charge in [-0.25, -0.2) is 0 Å². The molecule has 2 heterocycles. The Labute approximate surface area is 134 Å². The molecule has 0 amide bonds. The Morgan fingerprint density at radius 3 is 2.43 bits per heavy atom. The van der Waals surface area contributed by atoms with Crippen molar-refractivity contribution in [3.8, 4) is 5.82 Å². The van der Waals surface area contributed by atoms with Gasteiger partial charge in [-0.05, 0) is 29.3 Å². The van der Waals surface area contributed by atoms with Crippen molar-refractivity contribution in [2.24, 2.45) is 0 Å². The normalized spacial score (nSPS) is 11.2. The molecule has 0 spiro atoms. The molecule has 2 aromatic carbocycles. The van der Waals surface area contributed by atoms with Crippen LogP contribution in [0.1, 0.15) is 11.1 Å². The lowest BCUT2D eigenvalue weighted by Gasteiger charge is -2.03. The predicted molar refractivity (Wildman–Crippen MR) is 90.5 cm³/mol. The number of benzene rings is 2. The molecule has 0 aliphatic carbocycles. The zero-order chi connectivity index (χ0) is 15.6. The molecule has 4 heteroatoms. The van der Waals surface area contributed by atoms with Crippen LogP contribution in [0, 0.1) is 0 Å². The highest BCUT2D eigenvalue weighted by atomic mass is 16.3. The first-order valence-corrected chi connectivity index (χ1v) is 7.63. The summed E-state index contributed by atoms with van der Waals surface area (Å²) in [5.74, 6) is 0.885. The van der Waals surface area contributed by atoms with E-state index in [2.05, 4.69) is 24.3 Å². The number of rotatable bonds is 4. The van der Waals surface area contributed by atoms with Gasteiger partial charge < -0.3 is 9.67 Å². The molecular formula is C19H17N3O. The summed E-state index contributed by atoms with van der Waals surface area (Å²) in [6.07, 6.45) is 3.86. The zero-order valence-electron chi connectivity index (χ0n) is 12.6. The molecule has 0 bridgehead atoms. The van der Waals surface area contributed by atoms with Crippen LogP contribution >= 0.6 is 0 Å². The van der Waals surface area contributed by atoms with Crippen molar-refractivity contribution in [3.63, 3.8) is 0 Å². The summed E-state index contributed by atoms with van der Waals surface area (Å²) in [5.41, 5.74) is 3.20. The van der Waals surface area contributed by atoms with Crippen LogP contribution in [0.5, 0.6) is 0 Å². The van der Waals surface area contributed by atoms with Gasteiger partial charge in [0, 0.05) is 17.8 Å². The molecule has 1 N–H and O–H groups in total. The average Bonchev–Trinajstić information content (AvgIpc) is 3.21. The number of nitrogens with zero attached hydrogens (tertiary/aromatic N) is 3. The Morgan fingerprint density at radius 1 is 0.870 bits per heavy atom. The Hall–Kier alpha value is -2.85. The van der Waals surface area contributed by atoms with Gasteiger partial charge in [-0.15, -0.1) is 0 Å². The molecule has 0 unspecified atom stereocenters. The summed E-state index contributed by atoms with van der Waals surface area (Å²) >= 11 is 0. The fourth-order valence-corrected chi connectivity index (χ4v) is 2.84. The van der Waals surface area contributed by atoms with Crippen LogP contribution in [0.25, 0.3) is 16.7 Å². The highest BCUT2D eigenvalue weighted by molar-refractivity contribution is 5.86. The van der Waals surface area contributed by atoms with E-state index in [9.17, 15) is 5.11 Å². The highest BCUT2D eigenvalue weighted by Gasteiger charge is 2.12. The molecule has 0 fully saturated rings. The number of fused-ring (bicyclic) bond motifs is 1. The second-order valence-electron chi connectivity index (χ2n) is 5.57. The molecule has 23 heavy (non-hydrogen) atoms. The van der Waals surface area contributed by atoms with Crippen molar-refractivity contribution in [1.29, 1.82) is 0 Å². The van der Waals surface area contributed by atoms with Gasteiger partial charge >= 0.3 is 0 Å². The summed E-state index contributed by atoms with van der Waals surface area (Å²) in [7, 11) is 0. The van der Waals surface area contributed by atoms with E-state index in [1.54, 1.807) is 0 Å². The highest BCUT2D eigenvalue weighted by Crippen LogP contribution is 2.23. The molecule has 0 radical (unpaired) electrons. The lowest BCUT2D eigenvalue weighted by atomic mass is 10.2. The number of hydrogen-bond donors (Lipinski definition) is 1. The first kappa shape index (κ1) is 13.8. The molecule has 0 saturated carbocycles. The number of aromatic nitrogens is 3. The van der Waals surface area contributed by atoms with Crippen LogP contribution < -0.4 is 0 Å². The van der Waals surface area contributed by atoms with Crippen molar-refractivity contribution in [1.82, 2.24) is 14.3 Å². The van der Waals surface area contributed by atoms with E-state index in [-0.39, 0.29) is 6.61 Å². The molecule has 0 aliphatic heterocycles. The van der Waals surface area contributed by atoms with Gasteiger partial charge in [0.1, 0.15) is 0 Å². The van der Waals surface area contributed by atoms with E-state index in [0.29, 0.717) is 0 Å². The van der Waals surface area contributed by atoms with Crippen LogP contribution in [0.4, 0.5) is 0 Å². The predicted octanol–water partition coefficient (Wildman–Crippen LogP) is 3.37. The molecule has 0 aliphatic rings. The van der Waals surface area contributed by atoms with Crippen molar-refractivity contribution in [2.45, 2.75) is 13.2 Å². The SMILES string of the molecule is OCc1ccn(-c2nn(Cc3ccccc3)c3ccccc23)c1. The average molecular weight is 303 g/mol. The first-order chi connectivity index (χ1) is 11.3. The summed E-state index contributed by atoms with van der Waals surface area (Å²) in [6, 6.07) is 20.5. The van der Waals surface area contributed by atoms with Crippen LogP contribution in [-0.2, 0) is 13.2 Å². The quantitative estimate of drug-likeness (QED) is 0.628. The molecule has 4 aromatic rings. The molecule has 0 saturated heterocycles. The van der Waals surface area contributed by atoms with Gasteiger partial charge in [0.2, 0.25) is 0 Å². The minimum absolute atomic E-state index is 0.0374. The minimum atomic E-state index is 0.0374. The van der Waals surface area contributed by atoms with Gasteiger partial charge in [0.05, 0.1) is 18.7 Å². The van der Waals surface area contributed by atoms with E-state index < -0.39 is 0 Å². The van der Waals surface area contributed by atoms with E-state index in [0.717, 1.165) is 28.8 Å². The van der Waals surface area contributed by atoms with Crippen LogP contribution in [0.15, 0.2) is 73.1 Å². The standard InChI is InChI=1S/C19H17N3O/c23-14-16-10-11-21(12-16)19-17-8-4-5-9-18(17)22(20-19)13-15-6-2-1-3-7-15/h1-12,23H,13-14H2. The number of hydrogen-bond acceptors (Lipinski definition) is 2. The molecule has 0 atom stereocenters. The monoisotopic (exact) mass is 303 g/mol. The summed E-state index contributed by atoms with van der Waals surface area (Å²) in [6.45, 7) is 0.769. The number of aliphatic hydroxyl groups is 1. The van der Waals surface area contributed by atoms with Gasteiger partial charge in [-0.2, -0.15) is 5.10 Å². The van der Waals surface area contributed by atoms with Crippen LogP contribution in [0.3, 0.4) is 0 Å². The lowest BCUT2D eigenvalue weighted by molar-refractivity contribution is 0.282. The van der Waals surface area contributed by atoms with Gasteiger partial charge in [-0.1, -0.05) is 42.5 Å². The Morgan fingerprint density at radius 2 is 1.65 bits per heavy atom. The first-order valence-electron chi connectivity index (χ1n) is 7.63. The van der Waals surface area contributed by atoms with Gasteiger partial charge in [-0.3, -0.25) is 4.68 Å². The molecule has 114 valence electrons. The summed E-state index contributed by atoms with van der Waals surface area (Å²) < 4.78 is 3.99. The summed E-state index contributed by atoms with van der Waals surface area (Å²) in [4.78, 5) is 0. The second kappa shape index (κ2) is 5.74.